The minimum atomic E-state index is -0.105. The molecule has 0 aliphatic rings. The van der Waals surface area contributed by atoms with E-state index in [4.69, 9.17) is 9.15 Å². The van der Waals surface area contributed by atoms with E-state index in [9.17, 15) is 4.79 Å². The molecule has 25 heavy (non-hydrogen) atoms. The van der Waals surface area contributed by atoms with Gasteiger partial charge >= 0.3 is 0 Å². The predicted octanol–water partition coefficient (Wildman–Crippen LogP) is 4.31. The monoisotopic (exact) mass is 336 g/mol. The maximum Gasteiger partial charge on any atom is 0.224 e. The molecule has 128 valence electrons. The first kappa shape index (κ1) is 16.8. The van der Waals surface area contributed by atoms with E-state index < -0.39 is 0 Å². The van der Waals surface area contributed by atoms with E-state index in [-0.39, 0.29) is 12.3 Å². The molecule has 0 aliphatic carbocycles. The number of anilines is 1. The third-order valence-corrected chi connectivity index (χ3v) is 3.64. The van der Waals surface area contributed by atoms with Gasteiger partial charge in [-0.25, -0.2) is 4.98 Å². The van der Waals surface area contributed by atoms with Crippen molar-refractivity contribution in [3.05, 3.63) is 66.7 Å². The summed E-state index contributed by atoms with van der Waals surface area (Å²) in [7, 11) is 0. The van der Waals surface area contributed by atoms with Crippen LogP contribution in [-0.4, -0.2) is 17.5 Å². The Morgan fingerprint density at radius 3 is 2.68 bits per heavy atom. The lowest BCUT2D eigenvalue weighted by molar-refractivity contribution is -0.116. The molecule has 0 atom stereocenters. The number of aromatic nitrogens is 1. The summed E-state index contributed by atoms with van der Waals surface area (Å²) >= 11 is 0. The number of hydrogen-bond acceptors (Lipinski definition) is 4. The lowest BCUT2D eigenvalue weighted by atomic mass is 10.2. The standard InChI is InChI=1S/C20H20N2O3/c1-2-24-17-11-7-6-10-16(17)22-19(23)12-13-20-21-14-18(25-20)15-8-4-3-5-9-15/h3-11,14H,2,12-13H2,1H3,(H,22,23). The summed E-state index contributed by atoms with van der Waals surface area (Å²) in [5.41, 5.74) is 1.64. The van der Waals surface area contributed by atoms with Gasteiger partial charge in [-0.15, -0.1) is 0 Å². The molecule has 1 aromatic heterocycles. The van der Waals surface area contributed by atoms with Gasteiger partial charge in [-0.05, 0) is 19.1 Å². The second-order valence-electron chi connectivity index (χ2n) is 5.46. The molecule has 1 N–H and O–H groups in total. The number of aryl methyl sites for hydroxylation is 1. The molecule has 5 nitrogen and oxygen atoms in total. The highest BCUT2D eigenvalue weighted by atomic mass is 16.5. The van der Waals surface area contributed by atoms with Gasteiger partial charge in [0.2, 0.25) is 5.91 Å². The van der Waals surface area contributed by atoms with Gasteiger partial charge in [0.05, 0.1) is 18.5 Å². The zero-order valence-electron chi connectivity index (χ0n) is 14.1. The molecule has 5 heteroatoms. The molecule has 0 saturated heterocycles. The van der Waals surface area contributed by atoms with E-state index in [0.29, 0.717) is 36.1 Å². The molecule has 0 radical (unpaired) electrons. The topological polar surface area (TPSA) is 64.4 Å². The number of benzene rings is 2. The average molecular weight is 336 g/mol. The largest absolute Gasteiger partial charge is 0.492 e. The number of para-hydroxylation sites is 2. The molecule has 0 fully saturated rings. The zero-order valence-corrected chi connectivity index (χ0v) is 14.1. The van der Waals surface area contributed by atoms with E-state index in [1.165, 1.54) is 0 Å². The van der Waals surface area contributed by atoms with Crippen molar-refractivity contribution in [1.82, 2.24) is 4.98 Å². The highest BCUT2D eigenvalue weighted by Gasteiger charge is 2.11. The van der Waals surface area contributed by atoms with Crippen LogP contribution in [0.2, 0.25) is 0 Å². The van der Waals surface area contributed by atoms with Crippen LogP contribution in [0.1, 0.15) is 19.2 Å². The molecule has 3 aromatic rings. The number of nitrogens with one attached hydrogen (secondary N) is 1. The fourth-order valence-corrected chi connectivity index (χ4v) is 2.45. The summed E-state index contributed by atoms with van der Waals surface area (Å²) in [6, 6.07) is 17.1. The van der Waals surface area contributed by atoms with E-state index in [1.54, 1.807) is 6.20 Å². The molecule has 1 amide bonds. The van der Waals surface area contributed by atoms with Crippen LogP contribution in [0.25, 0.3) is 11.3 Å². The molecule has 0 spiro atoms. The SMILES string of the molecule is CCOc1ccccc1NC(=O)CCc1ncc(-c2ccccc2)o1. The second kappa shape index (κ2) is 8.15. The molecule has 0 bridgehead atoms. The lowest BCUT2D eigenvalue weighted by Gasteiger charge is -2.10. The lowest BCUT2D eigenvalue weighted by Crippen LogP contribution is -2.13. The summed E-state index contributed by atoms with van der Waals surface area (Å²) in [6.07, 6.45) is 2.41. The van der Waals surface area contributed by atoms with Gasteiger partial charge < -0.3 is 14.5 Å². The molecular formula is C20H20N2O3. The van der Waals surface area contributed by atoms with Gasteiger partial charge in [-0.2, -0.15) is 0 Å². The number of amides is 1. The summed E-state index contributed by atoms with van der Waals surface area (Å²) in [6.45, 7) is 2.46. The van der Waals surface area contributed by atoms with Crippen LogP contribution in [0.4, 0.5) is 5.69 Å². The Bertz CT molecular complexity index is 828. The molecule has 1 heterocycles. The van der Waals surface area contributed by atoms with Crippen molar-refractivity contribution in [1.29, 1.82) is 0 Å². The quantitative estimate of drug-likeness (QED) is 0.698. The van der Waals surface area contributed by atoms with Crippen LogP contribution >= 0.6 is 0 Å². The summed E-state index contributed by atoms with van der Waals surface area (Å²) in [5.74, 6) is 1.82. The summed E-state index contributed by atoms with van der Waals surface area (Å²) < 4.78 is 11.2. The van der Waals surface area contributed by atoms with Crippen LogP contribution in [0, 0.1) is 0 Å². The molecule has 0 saturated carbocycles. The Balaban J connectivity index is 1.57. The maximum atomic E-state index is 12.2. The second-order valence-corrected chi connectivity index (χ2v) is 5.46. The number of rotatable bonds is 7. The molecular weight excluding hydrogens is 316 g/mol. The first-order chi connectivity index (χ1) is 12.3. The van der Waals surface area contributed by atoms with Crippen LogP contribution in [0.5, 0.6) is 5.75 Å². The Morgan fingerprint density at radius 1 is 1.12 bits per heavy atom. The minimum Gasteiger partial charge on any atom is -0.492 e. The van der Waals surface area contributed by atoms with E-state index in [0.717, 1.165) is 5.56 Å². The average Bonchev–Trinajstić information content (AvgIpc) is 3.12. The van der Waals surface area contributed by atoms with Crippen molar-refractivity contribution in [2.75, 3.05) is 11.9 Å². The van der Waals surface area contributed by atoms with Gasteiger partial charge in [-0.3, -0.25) is 4.79 Å². The molecule has 0 unspecified atom stereocenters. The number of hydrogen-bond donors (Lipinski definition) is 1. The van der Waals surface area contributed by atoms with Gasteiger partial charge in [0, 0.05) is 18.4 Å². The Hall–Kier alpha value is -3.08. The van der Waals surface area contributed by atoms with Crippen LogP contribution < -0.4 is 10.1 Å². The van der Waals surface area contributed by atoms with E-state index in [2.05, 4.69) is 10.3 Å². The van der Waals surface area contributed by atoms with E-state index >= 15 is 0 Å². The van der Waals surface area contributed by atoms with Crippen molar-refractivity contribution in [2.24, 2.45) is 0 Å². The van der Waals surface area contributed by atoms with Crippen molar-refractivity contribution in [3.63, 3.8) is 0 Å². The van der Waals surface area contributed by atoms with Crippen molar-refractivity contribution >= 4 is 11.6 Å². The van der Waals surface area contributed by atoms with E-state index in [1.807, 2.05) is 61.5 Å². The fourth-order valence-electron chi connectivity index (χ4n) is 2.45. The van der Waals surface area contributed by atoms with Crippen LogP contribution in [0.3, 0.4) is 0 Å². The van der Waals surface area contributed by atoms with Gasteiger partial charge in [0.25, 0.3) is 0 Å². The minimum absolute atomic E-state index is 0.105. The number of nitrogens with zero attached hydrogens (tertiary/aromatic N) is 1. The zero-order chi connectivity index (χ0) is 17.5. The van der Waals surface area contributed by atoms with Gasteiger partial charge in [0.15, 0.2) is 11.7 Å². The smallest absolute Gasteiger partial charge is 0.224 e. The number of oxazole rings is 1. The number of carbonyl (C=O) groups is 1. The highest BCUT2D eigenvalue weighted by Crippen LogP contribution is 2.24. The molecule has 0 aliphatic heterocycles. The molecule has 2 aromatic carbocycles. The molecule has 3 rings (SSSR count). The Labute approximate surface area is 146 Å². The fraction of sp³-hybridized carbons (Fsp3) is 0.200. The first-order valence-electron chi connectivity index (χ1n) is 8.28. The van der Waals surface area contributed by atoms with Crippen molar-refractivity contribution < 1.29 is 13.9 Å². The number of ether oxygens (including phenoxy) is 1. The third-order valence-electron chi connectivity index (χ3n) is 3.64. The Kier molecular flexibility index (Phi) is 5.46. The predicted molar refractivity (Wildman–Crippen MR) is 96.5 cm³/mol. The van der Waals surface area contributed by atoms with Crippen LogP contribution in [0.15, 0.2) is 65.2 Å². The first-order valence-corrected chi connectivity index (χ1v) is 8.28. The maximum absolute atomic E-state index is 12.2. The normalized spacial score (nSPS) is 10.4. The van der Waals surface area contributed by atoms with Gasteiger partial charge in [-0.1, -0.05) is 42.5 Å². The number of carbonyl (C=O) groups excluding carboxylic acids is 1. The van der Waals surface area contributed by atoms with Gasteiger partial charge in [0.1, 0.15) is 5.75 Å². The third kappa shape index (κ3) is 4.47. The highest BCUT2D eigenvalue weighted by molar-refractivity contribution is 5.92. The Morgan fingerprint density at radius 2 is 1.88 bits per heavy atom. The summed E-state index contributed by atoms with van der Waals surface area (Å²) in [5, 5.41) is 2.87. The van der Waals surface area contributed by atoms with Crippen molar-refractivity contribution in [2.45, 2.75) is 19.8 Å². The van der Waals surface area contributed by atoms with Crippen LogP contribution in [-0.2, 0) is 11.2 Å². The van der Waals surface area contributed by atoms with Crippen molar-refractivity contribution in [3.8, 4) is 17.1 Å². The summed E-state index contributed by atoms with van der Waals surface area (Å²) in [4.78, 5) is 16.4.